The van der Waals surface area contributed by atoms with Crippen LogP contribution in [-0.2, 0) is 4.89 Å². The summed E-state index contributed by atoms with van der Waals surface area (Å²) < 4.78 is 0. The molecule has 0 aromatic heterocycles. The standard InChI is InChI=1S/C10H14O4/c1-8-3-2-4-9(7-8)13-14-10(12)5-6-11/h2-4,7,10-12H,5-6H2,1H3. The molecule has 14 heavy (non-hydrogen) atoms. The zero-order valence-corrected chi connectivity index (χ0v) is 8.01. The summed E-state index contributed by atoms with van der Waals surface area (Å²) in [4.78, 5) is 9.46. The fourth-order valence-corrected chi connectivity index (χ4v) is 0.937. The molecule has 0 saturated heterocycles. The van der Waals surface area contributed by atoms with Crippen LogP contribution in [0.25, 0.3) is 0 Å². The molecule has 0 saturated carbocycles. The molecule has 4 heteroatoms. The summed E-state index contributed by atoms with van der Waals surface area (Å²) in [5, 5.41) is 17.6. The third-order valence-electron chi connectivity index (χ3n) is 1.62. The van der Waals surface area contributed by atoms with Gasteiger partial charge in [-0.3, -0.25) is 0 Å². The summed E-state index contributed by atoms with van der Waals surface area (Å²) in [5.74, 6) is 0.530. The Morgan fingerprint density at radius 3 is 2.86 bits per heavy atom. The summed E-state index contributed by atoms with van der Waals surface area (Å²) >= 11 is 0. The van der Waals surface area contributed by atoms with E-state index in [-0.39, 0.29) is 13.0 Å². The summed E-state index contributed by atoms with van der Waals surface area (Å²) in [6.07, 6.45) is -0.966. The zero-order valence-electron chi connectivity index (χ0n) is 8.01. The van der Waals surface area contributed by atoms with E-state index in [0.29, 0.717) is 5.75 Å². The minimum atomic E-state index is -1.10. The number of rotatable bonds is 5. The lowest BCUT2D eigenvalue weighted by Gasteiger charge is -2.09. The Hall–Kier alpha value is -1.10. The molecule has 0 bridgehead atoms. The van der Waals surface area contributed by atoms with Gasteiger partial charge in [-0.15, -0.1) is 0 Å². The van der Waals surface area contributed by atoms with Crippen LogP contribution in [0.4, 0.5) is 0 Å². The van der Waals surface area contributed by atoms with Gasteiger partial charge < -0.3 is 15.1 Å². The first kappa shape index (κ1) is 11.0. The maximum atomic E-state index is 9.07. The van der Waals surface area contributed by atoms with Crippen LogP contribution in [0.2, 0.25) is 0 Å². The second-order valence-electron chi connectivity index (χ2n) is 2.96. The SMILES string of the molecule is Cc1cccc(OOC(O)CCO)c1. The monoisotopic (exact) mass is 198 g/mol. The molecule has 0 aliphatic rings. The van der Waals surface area contributed by atoms with Gasteiger partial charge in [0, 0.05) is 13.0 Å². The first-order valence-corrected chi connectivity index (χ1v) is 4.41. The predicted octanol–water partition coefficient (Wildman–Crippen LogP) is 1.01. The van der Waals surface area contributed by atoms with Gasteiger partial charge in [0.15, 0.2) is 5.75 Å². The maximum absolute atomic E-state index is 9.07. The summed E-state index contributed by atoms with van der Waals surface area (Å²) in [7, 11) is 0. The van der Waals surface area contributed by atoms with Crippen molar-refractivity contribution in [2.75, 3.05) is 6.61 Å². The van der Waals surface area contributed by atoms with Crippen LogP contribution >= 0.6 is 0 Å². The lowest BCUT2D eigenvalue weighted by molar-refractivity contribution is -0.308. The third-order valence-corrected chi connectivity index (χ3v) is 1.62. The van der Waals surface area contributed by atoms with Crippen molar-refractivity contribution < 1.29 is 20.0 Å². The van der Waals surface area contributed by atoms with Gasteiger partial charge in [0.1, 0.15) is 0 Å². The quantitative estimate of drug-likeness (QED) is 0.421. The van der Waals surface area contributed by atoms with Crippen molar-refractivity contribution in [2.24, 2.45) is 0 Å². The first-order chi connectivity index (χ1) is 6.72. The maximum Gasteiger partial charge on any atom is 0.202 e. The molecule has 0 amide bonds. The average molecular weight is 198 g/mol. The van der Waals surface area contributed by atoms with E-state index < -0.39 is 6.29 Å². The van der Waals surface area contributed by atoms with Gasteiger partial charge in [-0.25, -0.2) is 0 Å². The Kier molecular flexibility index (Phi) is 4.39. The topological polar surface area (TPSA) is 58.9 Å². The Labute approximate surface area is 82.6 Å². The number of benzene rings is 1. The van der Waals surface area contributed by atoms with E-state index in [2.05, 4.69) is 4.89 Å². The van der Waals surface area contributed by atoms with Crippen LogP contribution in [0.5, 0.6) is 5.75 Å². The highest BCUT2D eigenvalue weighted by Crippen LogP contribution is 2.13. The second-order valence-corrected chi connectivity index (χ2v) is 2.96. The predicted molar refractivity (Wildman–Crippen MR) is 50.6 cm³/mol. The van der Waals surface area contributed by atoms with Crippen molar-refractivity contribution >= 4 is 0 Å². The van der Waals surface area contributed by atoms with Crippen molar-refractivity contribution in [2.45, 2.75) is 19.6 Å². The molecule has 0 radical (unpaired) electrons. The molecule has 2 N–H and O–H groups in total. The van der Waals surface area contributed by atoms with Gasteiger partial charge in [0.2, 0.25) is 6.29 Å². The lowest BCUT2D eigenvalue weighted by Crippen LogP contribution is -2.15. The number of aliphatic hydroxyl groups is 2. The highest BCUT2D eigenvalue weighted by molar-refractivity contribution is 5.26. The smallest absolute Gasteiger partial charge is 0.202 e. The van der Waals surface area contributed by atoms with Crippen LogP contribution in [0.1, 0.15) is 12.0 Å². The summed E-state index contributed by atoms with van der Waals surface area (Å²) in [6.45, 7) is 1.79. The van der Waals surface area contributed by atoms with E-state index in [4.69, 9.17) is 15.1 Å². The zero-order chi connectivity index (χ0) is 10.4. The van der Waals surface area contributed by atoms with Crippen LogP contribution < -0.4 is 4.89 Å². The highest BCUT2D eigenvalue weighted by Gasteiger charge is 2.04. The summed E-state index contributed by atoms with van der Waals surface area (Å²) in [6, 6.07) is 7.26. The molecule has 1 aromatic rings. The number of aliphatic hydroxyl groups excluding tert-OH is 2. The number of aryl methyl sites for hydroxylation is 1. The summed E-state index contributed by atoms with van der Waals surface area (Å²) in [5.41, 5.74) is 1.04. The molecular formula is C10H14O4. The van der Waals surface area contributed by atoms with Crippen molar-refractivity contribution in [1.82, 2.24) is 0 Å². The third kappa shape index (κ3) is 3.74. The largest absolute Gasteiger partial charge is 0.396 e. The minimum absolute atomic E-state index is 0.131. The Morgan fingerprint density at radius 1 is 1.43 bits per heavy atom. The molecule has 1 unspecified atom stereocenters. The molecule has 0 fully saturated rings. The molecule has 1 rings (SSSR count). The van der Waals surface area contributed by atoms with E-state index in [1.807, 2.05) is 19.1 Å². The van der Waals surface area contributed by atoms with Crippen LogP contribution in [0, 0.1) is 6.92 Å². The van der Waals surface area contributed by atoms with Gasteiger partial charge in [-0.2, -0.15) is 4.89 Å². The Morgan fingerprint density at radius 2 is 2.21 bits per heavy atom. The fraction of sp³-hybridized carbons (Fsp3) is 0.400. The van der Waals surface area contributed by atoms with Crippen molar-refractivity contribution in [3.8, 4) is 5.75 Å². The van der Waals surface area contributed by atoms with Gasteiger partial charge >= 0.3 is 0 Å². The second kappa shape index (κ2) is 5.59. The van der Waals surface area contributed by atoms with E-state index >= 15 is 0 Å². The van der Waals surface area contributed by atoms with E-state index in [0.717, 1.165) is 5.56 Å². The van der Waals surface area contributed by atoms with Crippen molar-refractivity contribution in [3.63, 3.8) is 0 Å². The Bertz CT molecular complexity index is 275. The van der Waals surface area contributed by atoms with Gasteiger partial charge in [0.05, 0.1) is 0 Å². The van der Waals surface area contributed by atoms with Crippen molar-refractivity contribution in [1.29, 1.82) is 0 Å². The van der Waals surface area contributed by atoms with Crippen LogP contribution in [-0.4, -0.2) is 23.1 Å². The van der Waals surface area contributed by atoms with E-state index in [9.17, 15) is 0 Å². The molecule has 78 valence electrons. The van der Waals surface area contributed by atoms with E-state index in [1.54, 1.807) is 12.1 Å². The Balaban J connectivity index is 2.37. The first-order valence-electron chi connectivity index (χ1n) is 4.41. The van der Waals surface area contributed by atoms with Crippen LogP contribution in [0.15, 0.2) is 24.3 Å². The molecule has 1 aromatic carbocycles. The van der Waals surface area contributed by atoms with Crippen molar-refractivity contribution in [3.05, 3.63) is 29.8 Å². The molecule has 0 heterocycles. The number of hydrogen-bond donors (Lipinski definition) is 2. The van der Waals surface area contributed by atoms with Gasteiger partial charge in [-0.05, 0) is 24.6 Å². The molecule has 4 nitrogen and oxygen atoms in total. The minimum Gasteiger partial charge on any atom is -0.396 e. The molecule has 0 aliphatic carbocycles. The van der Waals surface area contributed by atoms with Gasteiger partial charge in [0.25, 0.3) is 0 Å². The van der Waals surface area contributed by atoms with Gasteiger partial charge in [-0.1, -0.05) is 12.1 Å². The molecule has 0 spiro atoms. The molecule has 0 aliphatic heterocycles. The van der Waals surface area contributed by atoms with E-state index in [1.165, 1.54) is 0 Å². The fourth-order valence-electron chi connectivity index (χ4n) is 0.937. The average Bonchev–Trinajstić information content (AvgIpc) is 2.15. The van der Waals surface area contributed by atoms with Crippen LogP contribution in [0.3, 0.4) is 0 Å². The number of hydrogen-bond acceptors (Lipinski definition) is 4. The normalized spacial score (nSPS) is 12.5. The lowest BCUT2D eigenvalue weighted by atomic mass is 10.2. The highest BCUT2D eigenvalue weighted by atomic mass is 17.2. The molecule has 1 atom stereocenters. The molecular weight excluding hydrogens is 184 g/mol.